The summed E-state index contributed by atoms with van der Waals surface area (Å²) in [5, 5.41) is 12.7. The molecular weight excluding hydrogens is 346 g/mol. The molecule has 1 atom stereocenters. The van der Waals surface area contributed by atoms with Crippen LogP contribution in [0.15, 0.2) is 23.1 Å². The summed E-state index contributed by atoms with van der Waals surface area (Å²) in [6.45, 7) is 7.67. The molecule has 1 aliphatic heterocycles. The number of nitrogens with zero attached hydrogens (tertiary/aromatic N) is 3. The van der Waals surface area contributed by atoms with Crippen LogP contribution in [0.5, 0.6) is 0 Å². The summed E-state index contributed by atoms with van der Waals surface area (Å²) >= 11 is -1.45. The zero-order valence-corrected chi connectivity index (χ0v) is 15.7. The van der Waals surface area contributed by atoms with Crippen molar-refractivity contribution in [2.75, 3.05) is 37.3 Å². The van der Waals surface area contributed by atoms with Crippen LogP contribution in [0.2, 0.25) is 0 Å². The Morgan fingerprint density at radius 1 is 1.24 bits per heavy atom. The van der Waals surface area contributed by atoms with Crippen LogP contribution in [0.3, 0.4) is 0 Å². The van der Waals surface area contributed by atoms with Crippen molar-refractivity contribution in [3.8, 4) is 0 Å². The van der Waals surface area contributed by atoms with Gasteiger partial charge in [0, 0.05) is 30.9 Å². The fraction of sp³-hybridized carbons (Fsp3) is 0.562. The zero-order chi connectivity index (χ0) is 18.8. The van der Waals surface area contributed by atoms with E-state index >= 15 is 0 Å². The fourth-order valence-electron chi connectivity index (χ4n) is 2.37. The third-order valence-electron chi connectivity index (χ3n) is 3.88. The lowest BCUT2D eigenvalue weighted by atomic mass is 9.98. The van der Waals surface area contributed by atoms with Gasteiger partial charge in [0.25, 0.3) is 0 Å². The van der Waals surface area contributed by atoms with Crippen LogP contribution in [0, 0.1) is 15.5 Å². The standard InChI is InChI=1S/C16H23N3O5S/c1-16(2,3)15(20)24-18-9-7-17(8-10-18)12-5-6-13(19(21)22)14(11-12)25(4)23/h5-6,11H,7-10H2,1-4H3. The number of hydrogen-bond acceptors (Lipinski definition) is 7. The molecule has 0 spiro atoms. The van der Waals surface area contributed by atoms with E-state index in [0.717, 1.165) is 5.69 Å². The summed E-state index contributed by atoms with van der Waals surface area (Å²) in [6.07, 6.45) is 1.43. The molecule has 0 bridgehead atoms. The summed E-state index contributed by atoms with van der Waals surface area (Å²) < 4.78 is 11.8. The number of hydrogen-bond donors (Lipinski definition) is 0. The van der Waals surface area contributed by atoms with Gasteiger partial charge in [-0.25, -0.2) is 4.79 Å². The molecule has 0 amide bonds. The van der Waals surface area contributed by atoms with E-state index in [1.165, 1.54) is 12.3 Å². The number of carbonyl (C=O) groups is 1. The number of benzene rings is 1. The molecule has 138 valence electrons. The first-order valence-electron chi connectivity index (χ1n) is 7.94. The molecule has 0 N–H and O–H groups in total. The third-order valence-corrected chi connectivity index (χ3v) is 4.82. The lowest BCUT2D eigenvalue weighted by molar-refractivity contribution is -0.387. The molecule has 1 fully saturated rings. The predicted octanol–water partition coefficient (Wildman–Crippen LogP) is 1.96. The normalized spacial score (nSPS) is 17.2. The molecular formula is C16H23N3O5S. The molecule has 1 heterocycles. The minimum atomic E-state index is -1.45. The molecule has 0 saturated carbocycles. The number of piperazine rings is 1. The molecule has 1 saturated heterocycles. The van der Waals surface area contributed by atoms with Gasteiger partial charge < -0.3 is 14.3 Å². The maximum atomic E-state index is 11.9. The second-order valence-corrected chi connectivity index (χ2v) is 8.26. The Labute approximate surface area is 150 Å². The lowest BCUT2D eigenvalue weighted by Crippen LogP contribution is -2.48. The smallest absolute Gasteiger partial charge is 0.330 e. The molecule has 0 aromatic heterocycles. The van der Waals surface area contributed by atoms with Crippen molar-refractivity contribution in [1.29, 1.82) is 0 Å². The van der Waals surface area contributed by atoms with Crippen LogP contribution in [0.25, 0.3) is 0 Å². The second kappa shape index (κ2) is 7.59. The van der Waals surface area contributed by atoms with E-state index in [2.05, 4.69) is 0 Å². The van der Waals surface area contributed by atoms with E-state index < -0.39 is 21.5 Å². The molecule has 0 aliphatic carbocycles. The van der Waals surface area contributed by atoms with Crippen LogP contribution < -0.4 is 4.90 Å². The quantitative estimate of drug-likeness (QED) is 0.454. The average molecular weight is 369 g/mol. The Morgan fingerprint density at radius 2 is 1.84 bits per heavy atom. The largest absolute Gasteiger partial charge is 0.611 e. The minimum Gasteiger partial charge on any atom is -0.611 e. The van der Waals surface area contributed by atoms with Crippen LogP contribution >= 0.6 is 0 Å². The molecule has 1 unspecified atom stereocenters. The topological polar surface area (TPSA) is 99.0 Å². The number of anilines is 1. The van der Waals surface area contributed by atoms with Gasteiger partial charge in [-0.2, -0.15) is 0 Å². The highest BCUT2D eigenvalue weighted by Crippen LogP contribution is 2.29. The highest BCUT2D eigenvalue weighted by molar-refractivity contribution is 7.90. The Hall–Kier alpha value is -1.84. The van der Waals surface area contributed by atoms with Crippen molar-refractivity contribution in [3.05, 3.63) is 28.3 Å². The Balaban J connectivity index is 2.04. The summed E-state index contributed by atoms with van der Waals surface area (Å²) in [5.41, 5.74) is 0.0789. The Kier molecular flexibility index (Phi) is 5.91. The van der Waals surface area contributed by atoms with Crippen LogP contribution in [-0.2, 0) is 20.8 Å². The number of carbonyl (C=O) groups excluding carboxylic acids is 1. The van der Waals surface area contributed by atoms with Gasteiger partial charge in [-0.3, -0.25) is 10.1 Å². The van der Waals surface area contributed by atoms with Gasteiger partial charge in [-0.15, -0.1) is 5.06 Å². The van der Waals surface area contributed by atoms with Crippen molar-refractivity contribution in [2.24, 2.45) is 5.41 Å². The molecule has 9 heteroatoms. The monoisotopic (exact) mass is 369 g/mol. The summed E-state index contributed by atoms with van der Waals surface area (Å²) in [4.78, 5) is 30.1. The van der Waals surface area contributed by atoms with E-state index in [1.807, 2.05) is 4.90 Å². The van der Waals surface area contributed by atoms with E-state index in [4.69, 9.17) is 4.84 Å². The van der Waals surface area contributed by atoms with E-state index in [1.54, 1.807) is 38.0 Å². The van der Waals surface area contributed by atoms with Gasteiger partial charge in [-0.1, -0.05) is 0 Å². The van der Waals surface area contributed by atoms with E-state index in [0.29, 0.717) is 26.2 Å². The second-order valence-electron chi connectivity index (χ2n) is 6.91. The first-order chi connectivity index (χ1) is 11.6. The molecule has 1 aromatic rings. The molecule has 8 nitrogen and oxygen atoms in total. The number of hydroxylamine groups is 2. The molecule has 1 aliphatic rings. The van der Waals surface area contributed by atoms with Crippen LogP contribution in [0.1, 0.15) is 20.8 Å². The van der Waals surface area contributed by atoms with E-state index in [-0.39, 0.29) is 16.6 Å². The Morgan fingerprint density at radius 3 is 2.32 bits per heavy atom. The maximum Gasteiger partial charge on any atom is 0.330 e. The molecule has 2 rings (SSSR count). The average Bonchev–Trinajstić information content (AvgIpc) is 2.54. The molecule has 25 heavy (non-hydrogen) atoms. The zero-order valence-electron chi connectivity index (χ0n) is 14.9. The van der Waals surface area contributed by atoms with Crippen molar-refractivity contribution in [2.45, 2.75) is 25.7 Å². The maximum absolute atomic E-state index is 11.9. The summed E-state index contributed by atoms with van der Waals surface area (Å²) in [5.74, 6) is -0.278. The predicted molar refractivity (Wildman–Crippen MR) is 94.8 cm³/mol. The number of nitro benzene ring substituents is 1. The lowest BCUT2D eigenvalue weighted by Gasteiger charge is -2.35. The van der Waals surface area contributed by atoms with Gasteiger partial charge in [0.05, 0.1) is 23.4 Å². The fourth-order valence-corrected chi connectivity index (χ4v) is 3.10. The van der Waals surface area contributed by atoms with Gasteiger partial charge in [0.2, 0.25) is 4.90 Å². The molecule has 1 aromatic carbocycles. The van der Waals surface area contributed by atoms with Gasteiger partial charge in [-0.05, 0) is 38.0 Å². The highest BCUT2D eigenvalue weighted by atomic mass is 32.2. The third kappa shape index (κ3) is 4.83. The van der Waals surface area contributed by atoms with Gasteiger partial charge in [0.1, 0.15) is 6.26 Å². The minimum absolute atomic E-state index is 0.137. The van der Waals surface area contributed by atoms with Crippen LogP contribution in [-0.4, -0.2) is 52.9 Å². The van der Waals surface area contributed by atoms with Gasteiger partial charge in [0.15, 0.2) is 0 Å². The SMILES string of the molecule is C[S+]([O-])c1cc(N2CCN(OC(=O)C(C)(C)C)CC2)ccc1[N+](=O)[O-]. The summed E-state index contributed by atoms with van der Waals surface area (Å²) in [6, 6.07) is 4.65. The van der Waals surface area contributed by atoms with Crippen molar-refractivity contribution < 1.29 is 19.1 Å². The first kappa shape index (κ1) is 19.5. The number of rotatable bonds is 4. The summed E-state index contributed by atoms with van der Waals surface area (Å²) in [7, 11) is 0. The van der Waals surface area contributed by atoms with Crippen LogP contribution in [0.4, 0.5) is 11.4 Å². The first-order valence-corrected chi connectivity index (χ1v) is 9.49. The molecule has 0 radical (unpaired) electrons. The van der Waals surface area contributed by atoms with Crippen molar-refractivity contribution in [1.82, 2.24) is 5.06 Å². The van der Waals surface area contributed by atoms with Crippen molar-refractivity contribution in [3.63, 3.8) is 0 Å². The number of nitro groups is 1. The van der Waals surface area contributed by atoms with E-state index in [9.17, 15) is 19.5 Å². The van der Waals surface area contributed by atoms with Crippen molar-refractivity contribution >= 4 is 28.5 Å². The highest BCUT2D eigenvalue weighted by Gasteiger charge is 2.29. The van der Waals surface area contributed by atoms with Gasteiger partial charge >= 0.3 is 11.7 Å². The Bertz CT molecular complexity index is 652.